The van der Waals surface area contributed by atoms with Gasteiger partial charge >= 0.3 is 0 Å². The summed E-state index contributed by atoms with van der Waals surface area (Å²) in [6, 6.07) is 9.75. The van der Waals surface area contributed by atoms with Gasteiger partial charge in [-0.25, -0.2) is 4.98 Å². The van der Waals surface area contributed by atoms with Gasteiger partial charge in [0, 0.05) is 11.8 Å². The van der Waals surface area contributed by atoms with E-state index in [4.69, 9.17) is 4.74 Å². The minimum Gasteiger partial charge on any atom is -0.439 e. The number of hydrogen-bond acceptors (Lipinski definition) is 3. The van der Waals surface area contributed by atoms with Crippen molar-refractivity contribution in [2.45, 2.75) is 33.8 Å². The van der Waals surface area contributed by atoms with Crippen LogP contribution in [0.3, 0.4) is 0 Å². The fourth-order valence-electron chi connectivity index (χ4n) is 1.87. The number of nitrogens with zero attached hydrogens (tertiary/aromatic N) is 1. The first kappa shape index (κ1) is 13.6. The Morgan fingerprint density at radius 1 is 1.16 bits per heavy atom. The van der Waals surface area contributed by atoms with Crippen LogP contribution in [0.2, 0.25) is 0 Å². The summed E-state index contributed by atoms with van der Waals surface area (Å²) in [4.78, 5) is 4.43. The third kappa shape index (κ3) is 3.32. The van der Waals surface area contributed by atoms with Crippen LogP contribution in [0.5, 0.6) is 11.6 Å². The molecular formula is C16H19NO2. The van der Waals surface area contributed by atoms with Crippen LogP contribution in [0.4, 0.5) is 0 Å². The first-order valence-corrected chi connectivity index (χ1v) is 6.48. The molecule has 0 unspecified atom stereocenters. The zero-order valence-electron chi connectivity index (χ0n) is 11.6. The average molecular weight is 257 g/mol. The zero-order valence-corrected chi connectivity index (χ0v) is 11.6. The molecule has 0 fully saturated rings. The normalized spacial score (nSPS) is 10.5. The number of aryl methyl sites for hydroxylation is 3. The smallest absolute Gasteiger partial charge is 0.219 e. The average Bonchev–Trinajstić information content (AvgIpc) is 2.42. The molecule has 1 N–H and O–H groups in total. The lowest BCUT2D eigenvalue weighted by Gasteiger charge is -2.11. The number of rotatable bonds is 4. The van der Waals surface area contributed by atoms with Gasteiger partial charge in [-0.15, -0.1) is 0 Å². The molecule has 0 spiro atoms. The summed E-state index contributed by atoms with van der Waals surface area (Å²) in [5.74, 6) is 1.35. The molecule has 1 aromatic heterocycles. The Hall–Kier alpha value is -1.87. The van der Waals surface area contributed by atoms with Crippen LogP contribution < -0.4 is 4.74 Å². The van der Waals surface area contributed by atoms with E-state index in [2.05, 4.69) is 11.1 Å². The van der Waals surface area contributed by atoms with E-state index < -0.39 is 0 Å². The largest absolute Gasteiger partial charge is 0.439 e. The van der Waals surface area contributed by atoms with E-state index in [1.165, 1.54) is 0 Å². The number of ether oxygens (including phenoxy) is 1. The van der Waals surface area contributed by atoms with E-state index in [-0.39, 0.29) is 6.61 Å². The van der Waals surface area contributed by atoms with E-state index in [1.807, 2.05) is 39.0 Å². The second kappa shape index (κ2) is 5.85. The molecule has 2 aromatic rings. The molecule has 0 aliphatic heterocycles. The Labute approximate surface area is 113 Å². The van der Waals surface area contributed by atoms with Gasteiger partial charge in [-0.2, -0.15) is 0 Å². The number of aliphatic hydroxyl groups is 1. The second-order valence-corrected chi connectivity index (χ2v) is 4.69. The predicted molar refractivity (Wildman–Crippen MR) is 75.5 cm³/mol. The van der Waals surface area contributed by atoms with Crippen LogP contribution in [0.1, 0.15) is 29.3 Å². The van der Waals surface area contributed by atoms with Crippen molar-refractivity contribution in [1.82, 2.24) is 4.98 Å². The predicted octanol–water partition coefficient (Wildman–Crippen LogP) is 3.55. The molecule has 19 heavy (non-hydrogen) atoms. The van der Waals surface area contributed by atoms with E-state index in [9.17, 15) is 5.11 Å². The lowest BCUT2D eigenvalue weighted by Crippen LogP contribution is -1.97. The molecule has 0 bridgehead atoms. The highest BCUT2D eigenvalue weighted by Crippen LogP contribution is 2.25. The maximum Gasteiger partial charge on any atom is 0.219 e. The van der Waals surface area contributed by atoms with Gasteiger partial charge in [0.25, 0.3) is 0 Å². The third-order valence-electron chi connectivity index (χ3n) is 3.02. The topological polar surface area (TPSA) is 42.4 Å². The molecular weight excluding hydrogens is 238 g/mol. The summed E-state index contributed by atoms with van der Waals surface area (Å²) < 4.78 is 5.85. The molecule has 0 aliphatic rings. The summed E-state index contributed by atoms with van der Waals surface area (Å²) in [5, 5.41) is 9.26. The van der Waals surface area contributed by atoms with Crippen molar-refractivity contribution in [3.8, 4) is 11.6 Å². The highest BCUT2D eigenvalue weighted by atomic mass is 16.5. The number of benzene rings is 1. The molecule has 0 atom stereocenters. The van der Waals surface area contributed by atoms with Gasteiger partial charge in [-0.1, -0.05) is 19.1 Å². The van der Waals surface area contributed by atoms with Crippen LogP contribution in [0.15, 0.2) is 30.3 Å². The van der Waals surface area contributed by atoms with Gasteiger partial charge in [-0.05, 0) is 49.1 Å². The quantitative estimate of drug-likeness (QED) is 0.910. The molecule has 2 rings (SSSR count). The maximum absolute atomic E-state index is 9.26. The number of hydrogen-bond donors (Lipinski definition) is 1. The van der Waals surface area contributed by atoms with E-state index >= 15 is 0 Å². The van der Waals surface area contributed by atoms with Gasteiger partial charge in [0.05, 0.1) is 6.61 Å². The van der Waals surface area contributed by atoms with Crippen LogP contribution in [0.25, 0.3) is 0 Å². The number of aromatic nitrogens is 1. The van der Waals surface area contributed by atoms with E-state index in [1.54, 1.807) is 6.07 Å². The van der Waals surface area contributed by atoms with Crippen LogP contribution in [-0.2, 0) is 13.0 Å². The summed E-state index contributed by atoms with van der Waals surface area (Å²) in [6.07, 6.45) is 0.816. The van der Waals surface area contributed by atoms with Crippen LogP contribution in [-0.4, -0.2) is 10.1 Å². The fourth-order valence-corrected chi connectivity index (χ4v) is 1.87. The van der Waals surface area contributed by atoms with Gasteiger partial charge < -0.3 is 9.84 Å². The van der Waals surface area contributed by atoms with Crippen molar-refractivity contribution >= 4 is 0 Å². The second-order valence-electron chi connectivity index (χ2n) is 4.69. The molecule has 0 saturated carbocycles. The zero-order chi connectivity index (χ0) is 13.8. The molecule has 1 aromatic carbocycles. The van der Waals surface area contributed by atoms with Crippen LogP contribution >= 0.6 is 0 Å². The molecule has 100 valence electrons. The lowest BCUT2D eigenvalue weighted by atomic mass is 10.1. The first-order chi connectivity index (χ1) is 9.12. The lowest BCUT2D eigenvalue weighted by molar-refractivity contribution is 0.281. The highest BCUT2D eigenvalue weighted by molar-refractivity contribution is 5.39. The van der Waals surface area contributed by atoms with Gasteiger partial charge in [0.2, 0.25) is 5.88 Å². The Kier molecular flexibility index (Phi) is 4.17. The molecule has 0 amide bonds. The number of pyridine rings is 1. The molecule has 1 heterocycles. The summed E-state index contributed by atoms with van der Waals surface area (Å²) >= 11 is 0. The van der Waals surface area contributed by atoms with Gasteiger partial charge in [-0.3, -0.25) is 0 Å². The molecule has 3 heteroatoms. The molecule has 0 aliphatic carbocycles. The Bertz CT molecular complexity index is 557. The van der Waals surface area contributed by atoms with E-state index in [0.717, 1.165) is 34.6 Å². The fraction of sp³-hybridized carbons (Fsp3) is 0.312. The van der Waals surface area contributed by atoms with Crippen molar-refractivity contribution in [2.24, 2.45) is 0 Å². The van der Waals surface area contributed by atoms with Gasteiger partial charge in [0.1, 0.15) is 5.75 Å². The van der Waals surface area contributed by atoms with Gasteiger partial charge in [0.15, 0.2) is 0 Å². The first-order valence-electron chi connectivity index (χ1n) is 6.48. The Morgan fingerprint density at radius 2 is 1.95 bits per heavy atom. The summed E-state index contributed by atoms with van der Waals surface area (Å²) in [7, 11) is 0. The van der Waals surface area contributed by atoms with Crippen molar-refractivity contribution in [3.05, 3.63) is 52.7 Å². The SMILES string of the molecule is CCc1cc(CO)cc(Oc2cc(C)ccc2C)n1. The maximum atomic E-state index is 9.26. The Morgan fingerprint density at radius 3 is 2.63 bits per heavy atom. The van der Waals surface area contributed by atoms with Crippen molar-refractivity contribution < 1.29 is 9.84 Å². The minimum atomic E-state index is -0.00131. The standard InChI is InChI=1S/C16H19NO2/c1-4-14-8-13(10-18)9-16(17-14)19-15-7-11(2)5-6-12(15)3/h5-9,18H,4,10H2,1-3H3. The summed E-state index contributed by atoms with van der Waals surface area (Å²) in [6.45, 7) is 6.07. The van der Waals surface area contributed by atoms with Crippen molar-refractivity contribution in [1.29, 1.82) is 0 Å². The molecule has 0 radical (unpaired) electrons. The minimum absolute atomic E-state index is 0.00131. The summed E-state index contributed by atoms with van der Waals surface area (Å²) in [5.41, 5.74) is 3.97. The third-order valence-corrected chi connectivity index (χ3v) is 3.02. The Balaban J connectivity index is 2.34. The van der Waals surface area contributed by atoms with Crippen molar-refractivity contribution in [3.63, 3.8) is 0 Å². The molecule has 0 saturated heterocycles. The highest BCUT2D eigenvalue weighted by Gasteiger charge is 2.06. The molecule has 3 nitrogen and oxygen atoms in total. The van der Waals surface area contributed by atoms with E-state index in [0.29, 0.717) is 5.88 Å². The number of aliphatic hydroxyl groups excluding tert-OH is 1. The monoisotopic (exact) mass is 257 g/mol. The van der Waals surface area contributed by atoms with Crippen LogP contribution in [0, 0.1) is 13.8 Å². The van der Waals surface area contributed by atoms with Crippen molar-refractivity contribution in [2.75, 3.05) is 0 Å².